The summed E-state index contributed by atoms with van der Waals surface area (Å²) >= 11 is 1.56. The summed E-state index contributed by atoms with van der Waals surface area (Å²) in [7, 11) is 2.17. The minimum atomic E-state index is -0.0993. The number of benzene rings is 2. The summed E-state index contributed by atoms with van der Waals surface area (Å²) in [5.74, 6) is -0.0353. The molecule has 4 aromatic rings. The zero-order valence-electron chi connectivity index (χ0n) is 19.8. The quantitative estimate of drug-likeness (QED) is 0.393. The molecule has 0 aliphatic carbocycles. The van der Waals surface area contributed by atoms with Gasteiger partial charge < -0.3 is 24.8 Å². The molecular formula is C27H32N4O2S. The van der Waals surface area contributed by atoms with E-state index < -0.39 is 0 Å². The van der Waals surface area contributed by atoms with Crippen LogP contribution in [0.2, 0.25) is 0 Å². The Balaban J connectivity index is 1.31. The Morgan fingerprint density at radius 2 is 1.97 bits per heavy atom. The lowest BCUT2D eigenvalue weighted by molar-refractivity contribution is 0.0861. The Morgan fingerprint density at radius 1 is 1.15 bits per heavy atom. The molecule has 34 heavy (non-hydrogen) atoms. The first kappa shape index (κ1) is 22.9. The molecule has 1 saturated heterocycles. The number of ether oxygens (including phenoxy) is 1. The molecule has 1 amide bonds. The van der Waals surface area contributed by atoms with Crippen molar-refractivity contribution in [1.29, 1.82) is 0 Å². The van der Waals surface area contributed by atoms with E-state index in [-0.39, 0.29) is 11.9 Å². The van der Waals surface area contributed by atoms with E-state index in [0.717, 1.165) is 46.7 Å². The molecule has 1 aliphatic heterocycles. The van der Waals surface area contributed by atoms with Gasteiger partial charge in [0.1, 0.15) is 0 Å². The van der Waals surface area contributed by atoms with Gasteiger partial charge in [-0.3, -0.25) is 4.79 Å². The van der Waals surface area contributed by atoms with Crippen LogP contribution < -0.4 is 10.2 Å². The number of H-pyrrole nitrogens is 1. The molecule has 2 aromatic heterocycles. The van der Waals surface area contributed by atoms with Crippen LogP contribution in [0.5, 0.6) is 0 Å². The van der Waals surface area contributed by atoms with Gasteiger partial charge in [0, 0.05) is 60.3 Å². The smallest absolute Gasteiger partial charge is 0.261 e. The number of hydrogen-bond donors (Lipinski definition) is 2. The summed E-state index contributed by atoms with van der Waals surface area (Å²) < 4.78 is 6.86. The number of carbonyl (C=O) groups excluding carboxylic acids is 1. The number of aromatic nitrogens is 1. The van der Waals surface area contributed by atoms with E-state index in [1.807, 2.05) is 31.3 Å². The SMILES string of the molecule is CCOCC(Cc1c[nH]c2ccccc12)NC(=O)c1cc2ccc(N3CCN(C)CC3)cc2s1. The van der Waals surface area contributed by atoms with Gasteiger partial charge >= 0.3 is 0 Å². The second-order valence-corrected chi connectivity index (χ2v) is 10.1. The van der Waals surface area contributed by atoms with Crippen molar-refractivity contribution in [2.75, 3.05) is 51.3 Å². The molecule has 1 unspecified atom stereocenters. The molecule has 5 rings (SSSR count). The molecule has 1 aliphatic rings. The van der Waals surface area contributed by atoms with E-state index in [0.29, 0.717) is 19.6 Å². The van der Waals surface area contributed by atoms with Crippen LogP contribution in [-0.2, 0) is 11.2 Å². The van der Waals surface area contributed by atoms with Crippen molar-refractivity contribution in [3.05, 3.63) is 65.2 Å². The number of rotatable bonds is 8. The highest BCUT2D eigenvalue weighted by Crippen LogP contribution is 2.30. The second-order valence-electron chi connectivity index (χ2n) is 9.02. The van der Waals surface area contributed by atoms with Crippen molar-refractivity contribution in [3.63, 3.8) is 0 Å². The fraction of sp³-hybridized carbons (Fsp3) is 0.370. The maximum absolute atomic E-state index is 13.2. The number of thiophene rings is 1. The van der Waals surface area contributed by atoms with Crippen molar-refractivity contribution < 1.29 is 9.53 Å². The van der Waals surface area contributed by atoms with Crippen molar-refractivity contribution in [3.8, 4) is 0 Å². The van der Waals surface area contributed by atoms with Crippen LogP contribution in [-0.4, -0.2) is 68.3 Å². The Bertz CT molecular complexity index is 1270. The van der Waals surface area contributed by atoms with E-state index in [4.69, 9.17) is 4.74 Å². The number of anilines is 1. The number of likely N-dealkylation sites (N-methyl/N-ethyl adjacent to an activating group) is 1. The number of aromatic amines is 1. The standard InChI is InChI=1S/C27H32N4O2S/c1-3-33-18-21(14-20-17-28-24-7-5-4-6-23(20)24)29-27(32)26-15-19-8-9-22(16-25(19)34-26)31-12-10-30(2)11-13-31/h4-9,15-17,21,28H,3,10-14,18H2,1-2H3,(H,29,32). The first-order valence-corrected chi connectivity index (χ1v) is 12.8. The number of para-hydroxylation sites is 1. The van der Waals surface area contributed by atoms with Gasteiger partial charge in [-0.1, -0.05) is 24.3 Å². The number of amides is 1. The van der Waals surface area contributed by atoms with Crippen LogP contribution in [0.1, 0.15) is 22.2 Å². The van der Waals surface area contributed by atoms with E-state index in [2.05, 4.69) is 57.5 Å². The molecule has 3 heterocycles. The first-order valence-electron chi connectivity index (χ1n) is 12.0. The third-order valence-electron chi connectivity index (χ3n) is 6.60. The first-order chi connectivity index (χ1) is 16.6. The Morgan fingerprint density at radius 3 is 2.79 bits per heavy atom. The highest BCUT2D eigenvalue weighted by molar-refractivity contribution is 7.20. The molecule has 0 saturated carbocycles. The molecule has 2 N–H and O–H groups in total. The number of carbonyl (C=O) groups is 1. The lowest BCUT2D eigenvalue weighted by Crippen LogP contribution is -2.44. The molecule has 1 atom stereocenters. The molecular weight excluding hydrogens is 444 g/mol. The fourth-order valence-corrected chi connectivity index (χ4v) is 5.63. The zero-order valence-corrected chi connectivity index (χ0v) is 20.7. The molecule has 178 valence electrons. The molecule has 2 aromatic carbocycles. The van der Waals surface area contributed by atoms with E-state index in [1.54, 1.807) is 11.3 Å². The summed E-state index contributed by atoms with van der Waals surface area (Å²) in [5, 5.41) is 5.54. The number of nitrogens with zero attached hydrogens (tertiary/aromatic N) is 2. The zero-order chi connectivity index (χ0) is 23.5. The lowest BCUT2D eigenvalue weighted by atomic mass is 10.1. The van der Waals surface area contributed by atoms with Gasteiger partial charge in [-0.05, 0) is 55.6 Å². The highest BCUT2D eigenvalue weighted by Gasteiger charge is 2.19. The van der Waals surface area contributed by atoms with Gasteiger partial charge in [0.15, 0.2) is 0 Å². The molecule has 1 fully saturated rings. The Labute approximate surface area is 204 Å². The number of piperazine rings is 1. The van der Waals surface area contributed by atoms with E-state index in [1.165, 1.54) is 16.6 Å². The Hall–Kier alpha value is -2.87. The van der Waals surface area contributed by atoms with Gasteiger partial charge in [0.2, 0.25) is 0 Å². The predicted molar refractivity (Wildman–Crippen MR) is 141 cm³/mol. The average molecular weight is 477 g/mol. The molecule has 7 heteroatoms. The molecule has 0 bridgehead atoms. The van der Waals surface area contributed by atoms with Crippen LogP contribution in [0, 0.1) is 0 Å². The Kier molecular flexibility index (Phi) is 6.85. The van der Waals surface area contributed by atoms with Gasteiger partial charge in [-0.15, -0.1) is 11.3 Å². The normalized spacial score (nSPS) is 15.8. The minimum Gasteiger partial charge on any atom is -0.380 e. The largest absolute Gasteiger partial charge is 0.380 e. The number of hydrogen-bond acceptors (Lipinski definition) is 5. The van der Waals surface area contributed by atoms with Crippen molar-refractivity contribution in [1.82, 2.24) is 15.2 Å². The molecule has 0 spiro atoms. The van der Waals surface area contributed by atoms with Crippen LogP contribution in [0.3, 0.4) is 0 Å². The van der Waals surface area contributed by atoms with Gasteiger partial charge in [-0.25, -0.2) is 0 Å². The van der Waals surface area contributed by atoms with Crippen molar-refractivity contribution in [2.45, 2.75) is 19.4 Å². The summed E-state index contributed by atoms with van der Waals surface area (Å²) in [6, 6.07) is 16.7. The highest BCUT2D eigenvalue weighted by atomic mass is 32.1. The van der Waals surface area contributed by atoms with E-state index in [9.17, 15) is 4.79 Å². The third kappa shape index (κ3) is 4.97. The van der Waals surface area contributed by atoms with Gasteiger partial charge in [0.25, 0.3) is 5.91 Å². The lowest BCUT2D eigenvalue weighted by Gasteiger charge is -2.34. The second kappa shape index (κ2) is 10.2. The summed E-state index contributed by atoms with van der Waals surface area (Å²) in [6.07, 6.45) is 2.75. The van der Waals surface area contributed by atoms with Gasteiger partial charge in [0.05, 0.1) is 17.5 Å². The van der Waals surface area contributed by atoms with Crippen molar-refractivity contribution in [2.24, 2.45) is 0 Å². The third-order valence-corrected chi connectivity index (χ3v) is 7.69. The molecule has 6 nitrogen and oxygen atoms in total. The van der Waals surface area contributed by atoms with Crippen molar-refractivity contribution >= 4 is 43.9 Å². The van der Waals surface area contributed by atoms with Crippen LogP contribution in [0.15, 0.2) is 54.7 Å². The predicted octanol–water partition coefficient (Wildman–Crippen LogP) is 4.51. The minimum absolute atomic E-state index is 0.0353. The average Bonchev–Trinajstić information content (AvgIpc) is 3.47. The topological polar surface area (TPSA) is 60.6 Å². The monoisotopic (exact) mass is 476 g/mol. The van der Waals surface area contributed by atoms with Gasteiger partial charge in [-0.2, -0.15) is 0 Å². The van der Waals surface area contributed by atoms with Crippen LogP contribution >= 0.6 is 11.3 Å². The summed E-state index contributed by atoms with van der Waals surface area (Å²) in [5.41, 5.74) is 3.54. The van der Waals surface area contributed by atoms with Crippen LogP contribution in [0.4, 0.5) is 5.69 Å². The summed E-state index contributed by atoms with van der Waals surface area (Å²) in [6.45, 7) is 7.32. The van der Waals surface area contributed by atoms with E-state index >= 15 is 0 Å². The molecule has 0 radical (unpaired) electrons. The summed E-state index contributed by atoms with van der Waals surface area (Å²) in [4.78, 5) is 22.1. The number of fused-ring (bicyclic) bond motifs is 2. The maximum atomic E-state index is 13.2. The fourth-order valence-electron chi connectivity index (χ4n) is 4.63. The van der Waals surface area contributed by atoms with Crippen LogP contribution in [0.25, 0.3) is 21.0 Å². The number of nitrogens with one attached hydrogen (secondary N) is 2. The maximum Gasteiger partial charge on any atom is 0.261 e.